The fraction of sp³-hybridized carbons (Fsp3) is 1.00. The third-order valence-corrected chi connectivity index (χ3v) is 3.51. The zero-order valence-electron chi connectivity index (χ0n) is 7.03. The summed E-state index contributed by atoms with van der Waals surface area (Å²) >= 11 is 0. The quantitative estimate of drug-likeness (QED) is 0.636. The van der Waals surface area contributed by atoms with Crippen LogP contribution in [0.1, 0.15) is 19.3 Å². The van der Waals surface area contributed by atoms with Crippen LogP contribution in [0.25, 0.3) is 0 Å². The van der Waals surface area contributed by atoms with Gasteiger partial charge in [-0.1, -0.05) is 6.42 Å². The summed E-state index contributed by atoms with van der Waals surface area (Å²) in [5.74, 6) is 0. The predicted molar refractivity (Wildman–Crippen MR) is 48.0 cm³/mol. The van der Waals surface area contributed by atoms with Crippen molar-refractivity contribution < 1.29 is 8.42 Å². The van der Waals surface area contributed by atoms with Crippen molar-refractivity contribution in [3.05, 3.63) is 0 Å². The van der Waals surface area contributed by atoms with Crippen LogP contribution in [0.15, 0.2) is 0 Å². The molecule has 1 rings (SSSR count). The lowest BCUT2D eigenvalue weighted by atomic mass is 10.2. The monoisotopic (exact) mass is 212 g/mol. The van der Waals surface area contributed by atoms with Gasteiger partial charge in [0.2, 0.25) is 0 Å². The lowest BCUT2D eigenvalue weighted by Gasteiger charge is -2.31. The standard InChI is InChI=1S/C6H13ClN2O2S/c1-8(12(7,10)11)9-5-3-2-4-6-9/h2-6H2,1H3. The van der Waals surface area contributed by atoms with Gasteiger partial charge in [-0.2, -0.15) is 8.42 Å². The summed E-state index contributed by atoms with van der Waals surface area (Å²) in [7, 11) is 3.08. The van der Waals surface area contributed by atoms with Gasteiger partial charge in [-0.05, 0) is 12.8 Å². The summed E-state index contributed by atoms with van der Waals surface area (Å²) < 4.78 is 22.9. The minimum atomic E-state index is -3.57. The summed E-state index contributed by atoms with van der Waals surface area (Å²) in [5.41, 5.74) is 0. The van der Waals surface area contributed by atoms with E-state index in [9.17, 15) is 8.42 Å². The SMILES string of the molecule is CN(N1CCCCC1)S(=O)(=O)Cl. The van der Waals surface area contributed by atoms with Crippen LogP contribution in [-0.4, -0.2) is 38.0 Å². The molecule has 0 spiro atoms. The molecule has 0 bridgehead atoms. The van der Waals surface area contributed by atoms with Gasteiger partial charge in [0, 0.05) is 30.8 Å². The number of halogens is 1. The summed E-state index contributed by atoms with van der Waals surface area (Å²) in [6, 6.07) is 0. The normalized spacial score (nSPS) is 21.6. The number of rotatable bonds is 2. The second-order valence-corrected chi connectivity index (χ2v) is 5.41. The highest BCUT2D eigenvalue weighted by Gasteiger charge is 2.22. The average molecular weight is 213 g/mol. The molecule has 0 unspecified atom stereocenters. The summed E-state index contributed by atoms with van der Waals surface area (Å²) in [6.07, 6.45) is 3.25. The topological polar surface area (TPSA) is 40.6 Å². The molecule has 4 nitrogen and oxygen atoms in total. The van der Waals surface area contributed by atoms with Crippen LogP contribution in [0.5, 0.6) is 0 Å². The maximum atomic E-state index is 10.9. The first-order valence-electron chi connectivity index (χ1n) is 3.95. The number of hydrazine groups is 1. The Labute approximate surface area is 77.6 Å². The third-order valence-electron chi connectivity index (χ3n) is 2.05. The summed E-state index contributed by atoms with van der Waals surface area (Å²) in [5, 5.41) is 1.76. The molecular weight excluding hydrogens is 200 g/mol. The maximum Gasteiger partial charge on any atom is 0.312 e. The van der Waals surface area contributed by atoms with Crippen molar-refractivity contribution in [1.29, 1.82) is 0 Å². The molecule has 0 radical (unpaired) electrons. The molecule has 6 heteroatoms. The first kappa shape index (κ1) is 10.2. The molecule has 1 saturated heterocycles. The molecular formula is C6H13ClN2O2S. The van der Waals surface area contributed by atoms with Gasteiger partial charge in [-0.25, -0.2) is 5.01 Å². The van der Waals surface area contributed by atoms with Gasteiger partial charge < -0.3 is 0 Å². The fourth-order valence-electron chi connectivity index (χ4n) is 1.30. The maximum absolute atomic E-state index is 10.9. The summed E-state index contributed by atoms with van der Waals surface area (Å²) in [6.45, 7) is 1.56. The van der Waals surface area contributed by atoms with E-state index in [2.05, 4.69) is 0 Å². The predicted octanol–water partition coefficient (Wildman–Crippen LogP) is 0.803. The second kappa shape index (κ2) is 3.91. The van der Waals surface area contributed by atoms with Gasteiger partial charge in [-0.15, -0.1) is 4.41 Å². The Hall–Kier alpha value is 0.160. The van der Waals surface area contributed by atoms with E-state index >= 15 is 0 Å². The molecule has 0 amide bonds. The van der Waals surface area contributed by atoms with Crippen LogP contribution in [-0.2, 0) is 9.24 Å². The van der Waals surface area contributed by atoms with Crippen molar-refractivity contribution in [2.45, 2.75) is 19.3 Å². The molecule has 0 aromatic rings. The van der Waals surface area contributed by atoms with Gasteiger partial charge in [0.1, 0.15) is 0 Å². The molecule has 0 N–H and O–H groups in total. The Morgan fingerprint density at radius 3 is 2.17 bits per heavy atom. The number of nitrogens with zero attached hydrogens (tertiary/aromatic N) is 2. The van der Waals surface area contributed by atoms with Crippen LogP contribution in [0.3, 0.4) is 0 Å². The molecule has 1 fully saturated rings. The molecule has 12 heavy (non-hydrogen) atoms. The van der Waals surface area contributed by atoms with Gasteiger partial charge in [0.15, 0.2) is 0 Å². The highest BCUT2D eigenvalue weighted by atomic mass is 35.7. The first-order valence-corrected chi connectivity index (χ1v) is 6.22. The Bertz CT molecular complexity index is 236. The van der Waals surface area contributed by atoms with Crippen molar-refractivity contribution in [2.75, 3.05) is 20.1 Å². The molecule has 1 aliphatic rings. The highest BCUT2D eigenvalue weighted by Crippen LogP contribution is 2.14. The lowest BCUT2D eigenvalue weighted by molar-refractivity contribution is 0.0633. The highest BCUT2D eigenvalue weighted by molar-refractivity contribution is 8.11. The van der Waals surface area contributed by atoms with Gasteiger partial charge in [-0.3, -0.25) is 0 Å². The van der Waals surface area contributed by atoms with Gasteiger partial charge in [0.25, 0.3) is 0 Å². The van der Waals surface area contributed by atoms with Crippen LogP contribution in [0, 0.1) is 0 Å². The lowest BCUT2D eigenvalue weighted by Crippen LogP contribution is -2.44. The number of hydrogen-bond acceptors (Lipinski definition) is 3. The molecule has 0 atom stereocenters. The molecule has 72 valence electrons. The Kier molecular flexibility index (Phi) is 3.34. The van der Waals surface area contributed by atoms with E-state index in [-0.39, 0.29) is 0 Å². The second-order valence-electron chi connectivity index (χ2n) is 2.89. The van der Waals surface area contributed by atoms with E-state index in [0.717, 1.165) is 30.3 Å². The number of hydrogen-bond donors (Lipinski definition) is 0. The van der Waals surface area contributed by atoms with Crippen molar-refractivity contribution in [3.63, 3.8) is 0 Å². The zero-order valence-corrected chi connectivity index (χ0v) is 8.61. The van der Waals surface area contributed by atoms with Gasteiger partial charge >= 0.3 is 9.24 Å². The summed E-state index contributed by atoms with van der Waals surface area (Å²) in [4.78, 5) is 0. The number of piperidine rings is 1. The minimum absolute atomic E-state index is 0.780. The van der Waals surface area contributed by atoms with Crippen LogP contribution < -0.4 is 0 Å². The van der Waals surface area contributed by atoms with Gasteiger partial charge in [0.05, 0.1) is 0 Å². The third kappa shape index (κ3) is 2.58. The van der Waals surface area contributed by atoms with Crippen LogP contribution in [0.2, 0.25) is 0 Å². The van der Waals surface area contributed by atoms with E-state index in [1.165, 1.54) is 13.5 Å². The van der Waals surface area contributed by atoms with Crippen molar-refractivity contribution >= 4 is 19.9 Å². The first-order chi connectivity index (χ1) is 5.52. The Morgan fingerprint density at radius 1 is 1.25 bits per heavy atom. The van der Waals surface area contributed by atoms with E-state index in [4.69, 9.17) is 10.7 Å². The molecule has 1 heterocycles. The Balaban J connectivity index is 2.57. The molecule has 0 aliphatic carbocycles. The molecule has 0 saturated carbocycles. The average Bonchev–Trinajstić information content (AvgIpc) is 2.03. The van der Waals surface area contributed by atoms with Crippen molar-refractivity contribution in [3.8, 4) is 0 Å². The van der Waals surface area contributed by atoms with E-state index in [1.807, 2.05) is 0 Å². The van der Waals surface area contributed by atoms with E-state index < -0.39 is 9.24 Å². The largest absolute Gasteiger partial charge is 0.312 e. The molecule has 0 aromatic carbocycles. The van der Waals surface area contributed by atoms with Crippen molar-refractivity contribution in [1.82, 2.24) is 9.42 Å². The van der Waals surface area contributed by atoms with E-state index in [1.54, 1.807) is 5.01 Å². The minimum Gasteiger partial charge on any atom is -0.227 e. The fourth-order valence-corrected chi connectivity index (χ4v) is 2.00. The van der Waals surface area contributed by atoms with Crippen molar-refractivity contribution in [2.24, 2.45) is 0 Å². The van der Waals surface area contributed by atoms with Crippen LogP contribution >= 0.6 is 10.7 Å². The Morgan fingerprint density at radius 2 is 1.75 bits per heavy atom. The van der Waals surface area contributed by atoms with E-state index in [0.29, 0.717) is 0 Å². The zero-order chi connectivity index (χ0) is 9.19. The smallest absolute Gasteiger partial charge is 0.227 e. The van der Waals surface area contributed by atoms with Crippen LogP contribution in [0.4, 0.5) is 0 Å². The molecule has 0 aromatic heterocycles. The molecule has 1 aliphatic heterocycles.